The Morgan fingerprint density at radius 3 is 2.89 bits per heavy atom. The van der Waals surface area contributed by atoms with Crippen molar-refractivity contribution in [3.05, 3.63) is 68.4 Å². The van der Waals surface area contributed by atoms with Crippen LogP contribution in [0.1, 0.15) is 45.2 Å². The van der Waals surface area contributed by atoms with E-state index >= 15 is 0 Å². The van der Waals surface area contributed by atoms with Crippen molar-refractivity contribution in [2.75, 3.05) is 5.32 Å². The molecule has 0 saturated heterocycles. The van der Waals surface area contributed by atoms with Gasteiger partial charge in [0.1, 0.15) is 29.2 Å². The molecule has 2 heterocycles. The van der Waals surface area contributed by atoms with Gasteiger partial charge in [-0.05, 0) is 71.4 Å². The zero-order valence-electron chi connectivity index (χ0n) is 15.0. The number of nitriles is 1. The summed E-state index contributed by atoms with van der Waals surface area (Å²) in [6.07, 6.45) is 4.10. The van der Waals surface area contributed by atoms with Crippen LogP contribution in [0, 0.1) is 11.3 Å². The highest BCUT2D eigenvalue weighted by atomic mass is 79.9. The normalized spacial score (nSPS) is 12.9. The van der Waals surface area contributed by atoms with Crippen LogP contribution in [-0.4, -0.2) is 5.91 Å². The average Bonchev–Trinajstić information content (AvgIpc) is 3.31. The van der Waals surface area contributed by atoms with Gasteiger partial charge in [0.25, 0.3) is 5.91 Å². The zero-order valence-corrected chi connectivity index (χ0v) is 17.4. The minimum absolute atomic E-state index is 0.195. The van der Waals surface area contributed by atoms with Gasteiger partial charge >= 0.3 is 0 Å². The van der Waals surface area contributed by atoms with Crippen molar-refractivity contribution >= 4 is 38.2 Å². The molecule has 3 aromatic rings. The van der Waals surface area contributed by atoms with Crippen molar-refractivity contribution in [1.82, 2.24) is 0 Å². The Balaban J connectivity index is 1.45. The van der Waals surface area contributed by atoms with Gasteiger partial charge < -0.3 is 14.5 Å². The van der Waals surface area contributed by atoms with Crippen molar-refractivity contribution in [3.63, 3.8) is 0 Å². The number of para-hydroxylation sites is 1. The molecule has 0 fully saturated rings. The third-order valence-electron chi connectivity index (χ3n) is 4.60. The van der Waals surface area contributed by atoms with Crippen LogP contribution in [0.4, 0.5) is 5.00 Å². The number of carbonyl (C=O) groups is 1. The van der Waals surface area contributed by atoms with Gasteiger partial charge in [-0.2, -0.15) is 5.26 Å². The number of rotatable bonds is 5. The predicted octanol–water partition coefficient (Wildman–Crippen LogP) is 5.69. The number of aryl methyl sites for hydroxylation is 1. The molecule has 0 unspecified atom stereocenters. The summed E-state index contributed by atoms with van der Waals surface area (Å²) in [5.41, 5.74) is 1.69. The highest BCUT2D eigenvalue weighted by Crippen LogP contribution is 2.37. The number of thiophene rings is 1. The van der Waals surface area contributed by atoms with Crippen LogP contribution in [0.3, 0.4) is 0 Å². The van der Waals surface area contributed by atoms with Crippen molar-refractivity contribution < 1.29 is 13.9 Å². The maximum atomic E-state index is 12.6. The van der Waals surface area contributed by atoms with Gasteiger partial charge in [-0.25, -0.2) is 0 Å². The molecule has 0 radical (unpaired) electrons. The second-order valence-electron chi connectivity index (χ2n) is 6.47. The maximum absolute atomic E-state index is 12.6. The van der Waals surface area contributed by atoms with Gasteiger partial charge in [0, 0.05) is 4.88 Å². The Morgan fingerprint density at radius 2 is 2.07 bits per heavy atom. The van der Waals surface area contributed by atoms with Gasteiger partial charge in [-0.1, -0.05) is 12.1 Å². The van der Waals surface area contributed by atoms with Crippen LogP contribution in [0.15, 0.2) is 45.3 Å². The number of hydrogen-bond acceptors (Lipinski definition) is 5. The lowest BCUT2D eigenvalue weighted by atomic mass is 9.96. The molecule has 0 saturated carbocycles. The standard InChI is InChI=1S/C21H17BrN2O3S/c22-16-6-2-3-7-17(16)26-12-13-9-10-18(27-13)20(25)24-21-15(11-23)14-5-1-4-8-19(14)28-21/h2-3,6-7,9-10H,1,4-5,8,12H2,(H,24,25). The van der Waals surface area contributed by atoms with Crippen LogP contribution >= 0.6 is 27.3 Å². The topological polar surface area (TPSA) is 75.3 Å². The molecule has 2 aromatic heterocycles. The molecule has 4 rings (SSSR count). The third kappa shape index (κ3) is 3.84. The van der Waals surface area contributed by atoms with Crippen LogP contribution in [0.2, 0.25) is 0 Å². The first-order valence-corrected chi connectivity index (χ1v) is 10.6. The minimum atomic E-state index is -0.359. The van der Waals surface area contributed by atoms with E-state index in [2.05, 4.69) is 27.3 Å². The summed E-state index contributed by atoms with van der Waals surface area (Å²) in [7, 11) is 0. The predicted molar refractivity (Wildman–Crippen MR) is 111 cm³/mol. The minimum Gasteiger partial charge on any atom is -0.484 e. The van der Waals surface area contributed by atoms with Crippen LogP contribution < -0.4 is 10.1 Å². The first-order chi connectivity index (χ1) is 13.7. The number of ether oxygens (including phenoxy) is 1. The number of benzene rings is 1. The molecule has 0 atom stereocenters. The van der Waals surface area contributed by atoms with Crippen molar-refractivity contribution in [1.29, 1.82) is 5.26 Å². The highest BCUT2D eigenvalue weighted by Gasteiger charge is 2.23. The first-order valence-electron chi connectivity index (χ1n) is 8.97. The largest absolute Gasteiger partial charge is 0.484 e. The first kappa shape index (κ1) is 18.8. The Kier molecular flexibility index (Phi) is 5.51. The molecule has 1 amide bonds. The van der Waals surface area contributed by atoms with Gasteiger partial charge in [0.2, 0.25) is 0 Å². The Morgan fingerprint density at radius 1 is 1.25 bits per heavy atom. The lowest BCUT2D eigenvalue weighted by Gasteiger charge is -2.09. The molecule has 1 aliphatic carbocycles. The summed E-state index contributed by atoms with van der Waals surface area (Å²) in [6, 6.07) is 13.1. The van der Waals surface area contributed by atoms with E-state index in [1.54, 1.807) is 12.1 Å². The van der Waals surface area contributed by atoms with E-state index in [4.69, 9.17) is 9.15 Å². The van der Waals surface area contributed by atoms with Crippen LogP contribution in [0.5, 0.6) is 5.75 Å². The molecular formula is C21H17BrN2O3S. The lowest BCUT2D eigenvalue weighted by molar-refractivity contribution is 0.0993. The zero-order chi connectivity index (χ0) is 19.5. The highest BCUT2D eigenvalue weighted by molar-refractivity contribution is 9.10. The van der Waals surface area contributed by atoms with E-state index in [9.17, 15) is 10.1 Å². The Bertz CT molecular complexity index is 1060. The second kappa shape index (κ2) is 8.21. The van der Waals surface area contributed by atoms with E-state index in [0.717, 1.165) is 35.7 Å². The van der Waals surface area contributed by atoms with E-state index in [1.807, 2.05) is 24.3 Å². The summed E-state index contributed by atoms with van der Waals surface area (Å²) < 4.78 is 12.2. The molecule has 1 aliphatic rings. The SMILES string of the molecule is N#Cc1c(NC(=O)c2ccc(COc3ccccc3Br)o2)sc2c1CCCC2. The number of nitrogens with zero attached hydrogens (tertiary/aromatic N) is 1. The van der Waals surface area contributed by atoms with Gasteiger partial charge in [-0.15, -0.1) is 11.3 Å². The fourth-order valence-electron chi connectivity index (χ4n) is 3.23. The average molecular weight is 457 g/mol. The number of fused-ring (bicyclic) bond motifs is 1. The lowest BCUT2D eigenvalue weighted by Crippen LogP contribution is -2.11. The number of halogens is 1. The second-order valence-corrected chi connectivity index (χ2v) is 8.43. The van der Waals surface area contributed by atoms with E-state index < -0.39 is 0 Å². The molecule has 0 aliphatic heterocycles. The summed E-state index contributed by atoms with van der Waals surface area (Å²) in [5.74, 6) is 1.09. The molecule has 0 spiro atoms. The maximum Gasteiger partial charge on any atom is 0.292 e. The number of amides is 1. The quantitative estimate of drug-likeness (QED) is 0.535. The number of furan rings is 1. The van der Waals surface area contributed by atoms with E-state index in [-0.39, 0.29) is 18.3 Å². The summed E-state index contributed by atoms with van der Waals surface area (Å²) in [6.45, 7) is 0.215. The van der Waals surface area contributed by atoms with Gasteiger partial charge in [0.05, 0.1) is 10.0 Å². The van der Waals surface area contributed by atoms with Crippen LogP contribution in [0.25, 0.3) is 0 Å². The van der Waals surface area contributed by atoms with Crippen LogP contribution in [-0.2, 0) is 19.4 Å². The summed E-state index contributed by atoms with van der Waals surface area (Å²) in [4.78, 5) is 13.8. The summed E-state index contributed by atoms with van der Waals surface area (Å²) >= 11 is 4.93. The Hall–Kier alpha value is -2.56. The molecule has 5 nitrogen and oxygen atoms in total. The molecule has 142 valence electrons. The number of nitrogens with one attached hydrogen (secondary N) is 1. The van der Waals surface area contributed by atoms with Gasteiger partial charge in [-0.3, -0.25) is 4.79 Å². The van der Waals surface area contributed by atoms with Crippen molar-refractivity contribution in [2.45, 2.75) is 32.3 Å². The monoisotopic (exact) mass is 456 g/mol. The third-order valence-corrected chi connectivity index (χ3v) is 6.46. The van der Waals surface area contributed by atoms with E-state index in [0.29, 0.717) is 22.1 Å². The molecule has 0 bridgehead atoms. The fourth-order valence-corrected chi connectivity index (χ4v) is 4.86. The van der Waals surface area contributed by atoms with Crippen molar-refractivity contribution in [3.8, 4) is 11.8 Å². The number of carbonyl (C=O) groups excluding carboxylic acids is 1. The molecule has 1 aromatic carbocycles. The van der Waals surface area contributed by atoms with Crippen molar-refractivity contribution in [2.24, 2.45) is 0 Å². The molecule has 1 N–H and O–H groups in total. The molecule has 28 heavy (non-hydrogen) atoms. The molecule has 7 heteroatoms. The number of hydrogen-bond donors (Lipinski definition) is 1. The number of anilines is 1. The summed E-state index contributed by atoms with van der Waals surface area (Å²) in [5, 5.41) is 13.0. The fraction of sp³-hybridized carbons (Fsp3) is 0.238. The Labute approximate surface area is 175 Å². The smallest absolute Gasteiger partial charge is 0.292 e. The van der Waals surface area contributed by atoms with Gasteiger partial charge in [0.15, 0.2) is 5.76 Å². The molecular weight excluding hydrogens is 440 g/mol. The van der Waals surface area contributed by atoms with E-state index in [1.165, 1.54) is 16.2 Å².